The molecule has 0 saturated heterocycles. The molecule has 0 aliphatic heterocycles. The Bertz CT molecular complexity index is 647. The number of amides is 3. The first kappa shape index (κ1) is 14.3. The number of pyridine rings is 1. The molecule has 0 spiro atoms. The molecule has 0 unspecified atom stereocenters. The molecule has 20 heavy (non-hydrogen) atoms. The van der Waals surface area contributed by atoms with Crippen LogP contribution in [0.15, 0.2) is 42.6 Å². The Hall–Kier alpha value is -2.11. The molecule has 2 rings (SSSR count). The van der Waals surface area contributed by atoms with Gasteiger partial charge in [0.2, 0.25) is 0 Å². The van der Waals surface area contributed by atoms with Crippen LogP contribution in [0, 0.1) is 0 Å². The fourth-order valence-electron chi connectivity index (χ4n) is 1.40. The molecule has 0 aliphatic rings. The van der Waals surface area contributed by atoms with Gasteiger partial charge in [0, 0.05) is 11.9 Å². The number of halogens is 2. The molecular weight excluding hydrogens is 301 g/mol. The molecule has 0 fully saturated rings. The van der Waals surface area contributed by atoms with Gasteiger partial charge in [-0.15, -0.1) is 0 Å². The Labute approximate surface area is 124 Å². The first-order valence-electron chi connectivity index (χ1n) is 5.54. The highest BCUT2D eigenvalue weighted by molar-refractivity contribution is 6.42. The maximum absolute atomic E-state index is 11.7. The summed E-state index contributed by atoms with van der Waals surface area (Å²) < 4.78 is 0. The molecule has 0 radical (unpaired) electrons. The molecule has 1 aromatic carbocycles. The Morgan fingerprint density at radius 3 is 2.50 bits per heavy atom. The van der Waals surface area contributed by atoms with E-state index in [4.69, 9.17) is 23.2 Å². The molecule has 0 aliphatic carbocycles. The van der Waals surface area contributed by atoms with Gasteiger partial charge < -0.3 is 5.32 Å². The molecule has 1 aromatic heterocycles. The van der Waals surface area contributed by atoms with Crippen LogP contribution in [0.2, 0.25) is 10.0 Å². The van der Waals surface area contributed by atoms with Crippen molar-refractivity contribution in [2.45, 2.75) is 0 Å². The van der Waals surface area contributed by atoms with E-state index in [1.54, 1.807) is 24.3 Å². The second-order valence-electron chi connectivity index (χ2n) is 3.75. The van der Waals surface area contributed by atoms with E-state index in [-0.39, 0.29) is 5.69 Å². The molecule has 0 bridgehead atoms. The Morgan fingerprint density at radius 2 is 1.85 bits per heavy atom. The van der Waals surface area contributed by atoms with Crippen molar-refractivity contribution in [3.8, 4) is 0 Å². The van der Waals surface area contributed by atoms with Gasteiger partial charge in [-0.25, -0.2) is 4.79 Å². The summed E-state index contributed by atoms with van der Waals surface area (Å²) in [5.74, 6) is -0.594. The smallest absolute Gasteiger partial charge is 0.308 e. The lowest BCUT2D eigenvalue weighted by atomic mass is 10.3. The van der Waals surface area contributed by atoms with Crippen molar-refractivity contribution in [1.82, 2.24) is 10.3 Å². The standard InChI is InChI=1S/C13H9Cl2N3O2/c14-9-5-4-8(7-10(9)15)17-13(20)18-12(19)11-3-1-2-6-16-11/h1-7H,(H2,17,18,19,20). The van der Waals surface area contributed by atoms with Gasteiger partial charge in [0.1, 0.15) is 5.69 Å². The highest BCUT2D eigenvalue weighted by Crippen LogP contribution is 2.24. The fraction of sp³-hybridized carbons (Fsp3) is 0. The Kier molecular flexibility index (Phi) is 4.55. The van der Waals surface area contributed by atoms with E-state index in [1.165, 1.54) is 18.3 Å². The average molecular weight is 310 g/mol. The molecular formula is C13H9Cl2N3O2. The van der Waals surface area contributed by atoms with Gasteiger partial charge in [0.15, 0.2) is 0 Å². The molecule has 3 amide bonds. The summed E-state index contributed by atoms with van der Waals surface area (Å²) in [4.78, 5) is 27.2. The zero-order chi connectivity index (χ0) is 14.5. The molecule has 1 heterocycles. The molecule has 2 aromatic rings. The van der Waals surface area contributed by atoms with Crippen LogP contribution in [-0.4, -0.2) is 16.9 Å². The van der Waals surface area contributed by atoms with E-state index in [0.717, 1.165) is 0 Å². The monoisotopic (exact) mass is 309 g/mol. The van der Waals surface area contributed by atoms with Crippen molar-refractivity contribution in [2.75, 3.05) is 5.32 Å². The van der Waals surface area contributed by atoms with Gasteiger partial charge in [-0.2, -0.15) is 0 Å². The second kappa shape index (κ2) is 6.36. The average Bonchev–Trinajstić information content (AvgIpc) is 2.44. The number of carbonyl (C=O) groups is 2. The van der Waals surface area contributed by atoms with Gasteiger partial charge in [-0.05, 0) is 30.3 Å². The number of anilines is 1. The third kappa shape index (κ3) is 3.69. The third-order valence-corrected chi connectivity index (χ3v) is 3.04. The molecule has 5 nitrogen and oxygen atoms in total. The summed E-state index contributed by atoms with van der Waals surface area (Å²) in [5, 5.41) is 5.30. The minimum absolute atomic E-state index is 0.150. The number of nitrogens with one attached hydrogen (secondary N) is 2. The van der Waals surface area contributed by atoms with Gasteiger partial charge in [-0.3, -0.25) is 15.1 Å². The van der Waals surface area contributed by atoms with E-state index in [9.17, 15) is 9.59 Å². The summed E-state index contributed by atoms with van der Waals surface area (Å²) in [6, 6.07) is 8.74. The third-order valence-electron chi connectivity index (χ3n) is 2.30. The summed E-state index contributed by atoms with van der Waals surface area (Å²) >= 11 is 11.6. The lowest BCUT2D eigenvalue weighted by Crippen LogP contribution is -2.34. The maximum Gasteiger partial charge on any atom is 0.326 e. The van der Waals surface area contributed by atoms with Crippen LogP contribution in [-0.2, 0) is 0 Å². The molecule has 7 heteroatoms. The number of nitrogens with zero attached hydrogens (tertiary/aromatic N) is 1. The fourth-order valence-corrected chi connectivity index (χ4v) is 1.70. The van der Waals surface area contributed by atoms with Crippen LogP contribution in [0.5, 0.6) is 0 Å². The number of hydrogen-bond acceptors (Lipinski definition) is 3. The van der Waals surface area contributed by atoms with E-state index < -0.39 is 11.9 Å². The number of benzene rings is 1. The van der Waals surface area contributed by atoms with Crippen molar-refractivity contribution < 1.29 is 9.59 Å². The number of rotatable bonds is 2. The van der Waals surface area contributed by atoms with Crippen LogP contribution in [0.25, 0.3) is 0 Å². The van der Waals surface area contributed by atoms with Crippen LogP contribution in [0.1, 0.15) is 10.5 Å². The van der Waals surface area contributed by atoms with Crippen LogP contribution >= 0.6 is 23.2 Å². The first-order valence-corrected chi connectivity index (χ1v) is 6.30. The lowest BCUT2D eigenvalue weighted by molar-refractivity contribution is 0.0962. The van der Waals surface area contributed by atoms with Gasteiger partial charge in [-0.1, -0.05) is 29.3 Å². The Morgan fingerprint density at radius 1 is 1.05 bits per heavy atom. The topological polar surface area (TPSA) is 71.1 Å². The molecule has 0 atom stereocenters. The van der Waals surface area contributed by atoms with Crippen LogP contribution < -0.4 is 10.6 Å². The highest BCUT2D eigenvalue weighted by atomic mass is 35.5. The number of carbonyl (C=O) groups excluding carboxylic acids is 2. The highest BCUT2D eigenvalue weighted by Gasteiger charge is 2.11. The predicted molar refractivity (Wildman–Crippen MR) is 77.2 cm³/mol. The van der Waals surface area contributed by atoms with Crippen molar-refractivity contribution in [2.24, 2.45) is 0 Å². The largest absolute Gasteiger partial charge is 0.326 e. The van der Waals surface area contributed by atoms with Crippen molar-refractivity contribution in [3.63, 3.8) is 0 Å². The van der Waals surface area contributed by atoms with Gasteiger partial charge in [0.25, 0.3) is 5.91 Å². The van der Waals surface area contributed by atoms with E-state index in [1.807, 2.05) is 0 Å². The summed E-state index contributed by atoms with van der Waals surface area (Å²) in [5.41, 5.74) is 0.572. The molecule has 2 N–H and O–H groups in total. The number of imide groups is 1. The Balaban J connectivity index is 1.99. The SMILES string of the molecule is O=C(NC(=O)c1ccccn1)Nc1ccc(Cl)c(Cl)c1. The number of hydrogen-bond donors (Lipinski definition) is 2. The zero-order valence-corrected chi connectivity index (χ0v) is 11.6. The normalized spacial score (nSPS) is 9.90. The molecule has 102 valence electrons. The number of urea groups is 1. The number of aromatic nitrogens is 1. The maximum atomic E-state index is 11.7. The van der Waals surface area contributed by atoms with E-state index in [2.05, 4.69) is 15.6 Å². The molecule has 0 saturated carbocycles. The van der Waals surface area contributed by atoms with Crippen molar-refractivity contribution in [1.29, 1.82) is 0 Å². The first-order chi connectivity index (χ1) is 9.56. The quantitative estimate of drug-likeness (QED) is 0.893. The van der Waals surface area contributed by atoms with Crippen LogP contribution in [0.3, 0.4) is 0 Å². The van der Waals surface area contributed by atoms with Gasteiger partial charge >= 0.3 is 6.03 Å². The second-order valence-corrected chi connectivity index (χ2v) is 4.57. The summed E-state index contributed by atoms with van der Waals surface area (Å²) in [6.07, 6.45) is 1.46. The van der Waals surface area contributed by atoms with Crippen molar-refractivity contribution >= 4 is 40.8 Å². The van der Waals surface area contributed by atoms with E-state index in [0.29, 0.717) is 15.7 Å². The predicted octanol–water partition coefficient (Wildman–Crippen LogP) is 3.35. The van der Waals surface area contributed by atoms with Crippen LogP contribution in [0.4, 0.5) is 10.5 Å². The minimum Gasteiger partial charge on any atom is -0.308 e. The van der Waals surface area contributed by atoms with E-state index >= 15 is 0 Å². The zero-order valence-electron chi connectivity index (χ0n) is 10.1. The lowest BCUT2D eigenvalue weighted by Gasteiger charge is -2.07. The minimum atomic E-state index is -0.681. The summed E-state index contributed by atoms with van der Waals surface area (Å²) in [6.45, 7) is 0. The van der Waals surface area contributed by atoms with Gasteiger partial charge in [0.05, 0.1) is 10.0 Å². The summed E-state index contributed by atoms with van der Waals surface area (Å²) in [7, 11) is 0. The van der Waals surface area contributed by atoms with Crippen molar-refractivity contribution in [3.05, 3.63) is 58.3 Å².